The molecule has 15 heavy (non-hydrogen) atoms. The molecule has 1 saturated carbocycles. The lowest BCUT2D eigenvalue weighted by Gasteiger charge is -2.11. The summed E-state index contributed by atoms with van der Waals surface area (Å²) in [7, 11) is 0. The van der Waals surface area contributed by atoms with Crippen molar-refractivity contribution >= 4 is 11.8 Å². The van der Waals surface area contributed by atoms with E-state index in [0.717, 1.165) is 5.92 Å². The van der Waals surface area contributed by atoms with Crippen LogP contribution in [0.4, 0.5) is 0 Å². The maximum absolute atomic E-state index is 9.22. The fourth-order valence-electron chi connectivity index (χ4n) is 3.15. The normalized spacial score (nSPS) is 38.8. The zero-order valence-electron chi connectivity index (χ0n) is 9.73. The van der Waals surface area contributed by atoms with Crippen molar-refractivity contribution in [3.63, 3.8) is 0 Å². The maximum Gasteiger partial charge on any atom is 0.0761 e. The van der Waals surface area contributed by atoms with Gasteiger partial charge < -0.3 is 10.4 Å². The van der Waals surface area contributed by atoms with E-state index in [9.17, 15) is 5.11 Å². The lowest BCUT2D eigenvalue weighted by atomic mass is 10.0. The highest BCUT2D eigenvalue weighted by Crippen LogP contribution is 2.64. The van der Waals surface area contributed by atoms with Gasteiger partial charge in [0, 0.05) is 12.8 Å². The van der Waals surface area contributed by atoms with Gasteiger partial charge in [0.25, 0.3) is 0 Å². The van der Waals surface area contributed by atoms with E-state index < -0.39 is 0 Å². The fraction of sp³-hybridized carbons (Fsp3) is 0.833. The van der Waals surface area contributed by atoms with Gasteiger partial charge in [0.15, 0.2) is 0 Å². The number of aliphatic hydroxyl groups is 1. The van der Waals surface area contributed by atoms with Crippen LogP contribution in [-0.4, -0.2) is 17.1 Å². The lowest BCUT2D eigenvalue weighted by molar-refractivity contribution is 0.208. The van der Waals surface area contributed by atoms with Gasteiger partial charge >= 0.3 is 0 Å². The molecular formula is C12H21NOS. The third-order valence-corrected chi connectivity index (χ3v) is 5.05. The molecule has 3 heteroatoms. The fourth-order valence-corrected chi connectivity index (χ4v) is 3.98. The van der Waals surface area contributed by atoms with E-state index in [0.29, 0.717) is 29.2 Å². The van der Waals surface area contributed by atoms with E-state index in [1.54, 1.807) is 0 Å². The van der Waals surface area contributed by atoms with Crippen molar-refractivity contribution in [1.82, 2.24) is 5.32 Å². The number of hydrogen-bond acceptors (Lipinski definition) is 3. The summed E-state index contributed by atoms with van der Waals surface area (Å²) < 4.78 is 0. The molecular weight excluding hydrogens is 206 g/mol. The van der Waals surface area contributed by atoms with Gasteiger partial charge in [-0.1, -0.05) is 20.8 Å². The Morgan fingerprint density at radius 1 is 1.53 bits per heavy atom. The summed E-state index contributed by atoms with van der Waals surface area (Å²) >= 11 is 1.88. The Hall–Kier alpha value is -0.150. The van der Waals surface area contributed by atoms with Crippen LogP contribution in [0, 0.1) is 23.2 Å². The molecule has 0 bridgehead atoms. The molecule has 4 unspecified atom stereocenters. The van der Waals surface area contributed by atoms with Gasteiger partial charge in [0.1, 0.15) is 0 Å². The van der Waals surface area contributed by atoms with Crippen molar-refractivity contribution in [2.75, 3.05) is 6.61 Å². The molecule has 2 rings (SSSR count). The van der Waals surface area contributed by atoms with Crippen molar-refractivity contribution < 1.29 is 5.11 Å². The summed E-state index contributed by atoms with van der Waals surface area (Å²) in [6.45, 7) is 7.16. The molecule has 0 aromatic heterocycles. The predicted octanol–water partition coefficient (Wildman–Crippen LogP) is 2.41. The minimum Gasteiger partial charge on any atom is -0.396 e. The Bertz CT molecular complexity index is 256. The van der Waals surface area contributed by atoms with E-state index in [2.05, 4.69) is 31.5 Å². The molecule has 0 amide bonds. The van der Waals surface area contributed by atoms with Crippen LogP contribution in [0.2, 0.25) is 0 Å². The van der Waals surface area contributed by atoms with Crippen molar-refractivity contribution in [2.45, 2.75) is 32.6 Å². The first-order chi connectivity index (χ1) is 7.07. The van der Waals surface area contributed by atoms with Crippen molar-refractivity contribution in [3.8, 4) is 0 Å². The summed E-state index contributed by atoms with van der Waals surface area (Å²) in [5.74, 6) is 1.92. The first-order valence-electron chi connectivity index (χ1n) is 5.74. The van der Waals surface area contributed by atoms with Crippen LogP contribution in [0.3, 0.4) is 0 Å². The Morgan fingerprint density at radius 3 is 2.80 bits per heavy atom. The highest BCUT2D eigenvalue weighted by Gasteiger charge is 2.59. The Balaban J connectivity index is 1.88. The minimum atomic E-state index is 0.327. The molecule has 2 aliphatic rings. The Morgan fingerprint density at radius 2 is 2.27 bits per heavy atom. The quantitative estimate of drug-likeness (QED) is 0.773. The predicted molar refractivity (Wildman–Crippen MR) is 65.3 cm³/mol. The van der Waals surface area contributed by atoms with E-state index in [1.807, 2.05) is 18.0 Å². The average molecular weight is 227 g/mol. The molecule has 2 N–H and O–H groups in total. The Kier molecular flexibility index (Phi) is 3.04. The maximum atomic E-state index is 9.22. The molecule has 0 spiro atoms. The molecule has 1 heterocycles. The Labute approximate surface area is 96.5 Å². The molecule has 86 valence electrons. The van der Waals surface area contributed by atoms with Crippen LogP contribution >= 0.6 is 11.8 Å². The second-order valence-corrected chi connectivity index (χ2v) is 6.56. The first kappa shape index (κ1) is 11.3. The number of thioether (sulfide) groups is 1. The zero-order chi connectivity index (χ0) is 11.1. The first-order valence-corrected chi connectivity index (χ1v) is 6.69. The molecule has 1 aliphatic heterocycles. The van der Waals surface area contributed by atoms with E-state index in [1.165, 1.54) is 6.42 Å². The highest BCUT2D eigenvalue weighted by molar-refractivity contribution is 8.02. The average Bonchev–Trinajstić information content (AvgIpc) is 2.60. The third-order valence-electron chi connectivity index (χ3n) is 4.10. The topological polar surface area (TPSA) is 32.3 Å². The third kappa shape index (κ3) is 2.04. The van der Waals surface area contributed by atoms with Crippen LogP contribution in [0.1, 0.15) is 27.2 Å². The summed E-state index contributed by atoms with van der Waals surface area (Å²) in [5.41, 5.74) is 0.424. The molecule has 4 atom stereocenters. The van der Waals surface area contributed by atoms with Crippen molar-refractivity contribution in [2.24, 2.45) is 23.2 Å². The smallest absolute Gasteiger partial charge is 0.0761 e. The molecule has 0 saturated heterocycles. The van der Waals surface area contributed by atoms with E-state index in [4.69, 9.17) is 0 Å². The van der Waals surface area contributed by atoms with Crippen LogP contribution < -0.4 is 5.32 Å². The molecule has 0 radical (unpaired) electrons. The number of hydrogen-bond donors (Lipinski definition) is 2. The van der Waals surface area contributed by atoms with Crippen molar-refractivity contribution in [1.29, 1.82) is 0 Å². The van der Waals surface area contributed by atoms with Gasteiger partial charge in [-0.25, -0.2) is 0 Å². The summed E-state index contributed by atoms with van der Waals surface area (Å²) in [6.07, 6.45) is 3.26. The monoisotopic (exact) mass is 227 g/mol. The van der Waals surface area contributed by atoms with Crippen LogP contribution in [0.25, 0.3) is 0 Å². The van der Waals surface area contributed by atoms with Gasteiger partial charge in [-0.3, -0.25) is 0 Å². The van der Waals surface area contributed by atoms with Crippen LogP contribution in [0.5, 0.6) is 0 Å². The summed E-state index contributed by atoms with van der Waals surface area (Å²) in [5, 5.41) is 15.3. The molecule has 0 aromatic rings. The summed E-state index contributed by atoms with van der Waals surface area (Å²) in [6, 6.07) is 0. The van der Waals surface area contributed by atoms with E-state index in [-0.39, 0.29) is 0 Å². The standard InChI is InChI=1S/C12H21NOS/c1-8(7-14)11-9(12(11,2)3)6-10-13-4-5-15-10/h4-5,8-11,13-14H,6-7H2,1-3H3. The van der Waals surface area contributed by atoms with Crippen LogP contribution in [-0.2, 0) is 0 Å². The van der Waals surface area contributed by atoms with Gasteiger partial charge in [0.05, 0.1) is 5.37 Å². The zero-order valence-corrected chi connectivity index (χ0v) is 10.6. The SMILES string of the molecule is CC(CO)C1C(CC2NC=CS2)C1(C)C. The molecule has 2 nitrogen and oxygen atoms in total. The van der Waals surface area contributed by atoms with Gasteiger partial charge in [0.2, 0.25) is 0 Å². The number of aliphatic hydroxyl groups excluding tert-OH is 1. The lowest BCUT2D eigenvalue weighted by Crippen LogP contribution is -2.17. The second-order valence-electron chi connectivity index (χ2n) is 5.44. The van der Waals surface area contributed by atoms with Crippen LogP contribution in [0.15, 0.2) is 11.6 Å². The largest absolute Gasteiger partial charge is 0.396 e. The molecule has 0 aromatic carbocycles. The van der Waals surface area contributed by atoms with E-state index >= 15 is 0 Å². The van der Waals surface area contributed by atoms with Gasteiger partial charge in [-0.05, 0) is 35.0 Å². The molecule has 1 aliphatic carbocycles. The van der Waals surface area contributed by atoms with Gasteiger partial charge in [-0.15, -0.1) is 11.8 Å². The number of rotatable bonds is 4. The molecule has 1 fully saturated rings. The summed E-state index contributed by atoms with van der Waals surface area (Å²) in [4.78, 5) is 0. The number of nitrogens with one attached hydrogen (secondary N) is 1. The highest BCUT2D eigenvalue weighted by atomic mass is 32.2. The van der Waals surface area contributed by atoms with Gasteiger partial charge in [-0.2, -0.15) is 0 Å². The minimum absolute atomic E-state index is 0.327. The van der Waals surface area contributed by atoms with Crippen molar-refractivity contribution in [3.05, 3.63) is 11.6 Å². The second kappa shape index (κ2) is 4.02.